The number of sulfonamides is 1. The lowest BCUT2D eigenvalue weighted by molar-refractivity contribution is -0.149. The van der Waals surface area contributed by atoms with E-state index in [0.29, 0.717) is 31.7 Å². The molecule has 2 fully saturated rings. The van der Waals surface area contributed by atoms with Crippen LogP contribution in [0.1, 0.15) is 43.0 Å². The lowest BCUT2D eigenvalue weighted by Gasteiger charge is -2.31. The van der Waals surface area contributed by atoms with Crippen LogP contribution in [0.5, 0.6) is 0 Å². The minimum absolute atomic E-state index is 0.00629. The van der Waals surface area contributed by atoms with Crippen molar-refractivity contribution in [3.05, 3.63) is 29.8 Å². The summed E-state index contributed by atoms with van der Waals surface area (Å²) in [6.45, 7) is 2.92. The molecule has 142 valence electrons. The smallest absolute Gasteiger partial charge is 0.310 e. The number of hydrogen-bond acceptors (Lipinski definition) is 5. The third kappa shape index (κ3) is 4.42. The fourth-order valence-corrected chi connectivity index (χ4v) is 4.43. The van der Waals surface area contributed by atoms with Crippen LogP contribution in [0, 0.1) is 5.92 Å². The van der Waals surface area contributed by atoms with Crippen molar-refractivity contribution in [2.24, 2.45) is 5.92 Å². The summed E-state index contributed by atoms with van der Waals surface area (Å²) in [6.07, 6.45) is 3.11. The van der Waals surface area contributed by atoms with Crippen molar-refractivity contribution in [2.45, 2.75) is 43.5 Å². The van der Waals surface area contributed by atoms with Gasteiger partial charge in [0.25, 0.3) is 5.91 Å². The molecule has 1 aliphatic carbocycles. The Labute approximate surface area is 153 Å². The van der Waals surface area contributed by atoms with Crippen molar-refractivity contribution < 1.29 is 22.7 Å². The largest absolute Gasteiger partial charge is 0.466 e. The predicted molar refractivity (Wildman–Crippen MR) is 95.0 cm³/mol. The molecule has 1 heterocycles. The molecule has 3 rings (SSSR count). The molecule has 1 unspecified atom stereocenters. The van der Waals surface area contributed by atoms with Crippen LogP contribution in [0.2, 0.25) is 0 Å². The summed E-state index contributed by atoms with van der Waals surface area (Å²) in [5.41, 5.74) is 0.313. The van der Waals surface area contributed by atoms with Gasteiger partial charge in [-0.3, -0.25) is 9.59 Å². The lowest BCUT2D eigenvalue weighted by Crippen LogP contribution is -2.42. The van der Waals surface area contributed by atoms with Gasteiger partial charge in [-0.2, -0.15) is 0 Å². The summed E-state index contributed by atoms with van der Waals surface area (Å²) < 4.78 is 32.4. The van der Waals surface area contributed by atoms with E-state index < -0.39 is 10.0 Å². The molecule has 1 aliphatic heterocycles. The van der Waals surface area contributed by atoms with Gasteiger partial charge in [0, 0.05) is 24.7 Å². The number of hydrogen-bond donors (Lipinski definition) is 1. The number of carbonyl (C=O) groups is 2. The Morgan fingerprint density at radius 1 is 1.27 bits per heavy atom. The number of nitrogens with one attached hydrogen (secondary N) is 1. The van der Waals surface area contributed by atoms with Crippen LogP contribution in [0.3, 0.4) is 0 Å². The summed E-state index contributed by atoms with van der Waals surface area (Å²) in [5, 5.41) is 0. The molecule has 1 N–H and O–H groups in total. The van der Waals surface area contributed by atoms with Crippen LogP contribution in [0.25, 0.3) is 0 Å². The van der Waals surface area contributed by atoms with E-state index in [4.69, 9.17) is 4.74 Å². The fourth-order valence-electron chi connectivity index (χ4n) is 3.08. The van der Waals surface area contributed by atoms with Crippen molar-refractivity contribution in [1.82, 2.24) is 9.62 Å². The van der Waals surface area contributed by atoms with Crippen LogP contribution in [-0.4, -0.2) is 50.9 Å². The minimum atomic E-state index is -3.61. The zero-order valence-electron chi connectivity index (χ0n) is 14.8. The van der Waals surface area contributed by atoms with Gasteiger partial charge < -0.3 is 9.64 Å². The normalized spacial score (nSPS) is 20.7. The number of ether oxygens (including phenoxy) is 1. The zero-order valence-corrected chi connectivity index (χ0v) is 15.6. The molecule has 0 aromatic heterocycles. The number of likely N-dealkylation sites (tertiary alicyclic amines) is 1. The average molecular weight is 380 g/mol. The standard InChI is InChI=1S/C18H24N2O5S/c1-2-25-18(22)14-6-4-10-20(12-14)17(21)13-5-3-7-16(11-13)26(23,24)19-15-8-9-15/h3,5,7,11,14-15,19H,2,4,6,8-10,12H2,1H3. The van der Waals surface area contributed by atoms with Crippen molar-refractivity contribution in [1.29, 1.82) is 0 Å². The molecule has 1 aromatic rings. The molecule has 7 nitrogen and oxygen atoms in total. The Morgan fingerprint density at radius 2 is 2.04 bits per heavy atom. The molecule has 1 aromatic carbocycles. The Balaban J connectivity index is 1.73. The molecular formula is C18H24N2O5S. The van der Waals surface area contributed by atoms with Crippen LogP contribution >= 0.6 is 0 Å². The second-order valence-electron chi connectivity index (χ2n) is 6.77. The molecule has 0 radical (unpaired) electrons. The molecule has 1 saturated heterocycles. The van der Waals surface area contributed by atoms with E-state index in [1.807, 2.05) is 0 Å². The summed E-state index contributed by atoms with van der Waals surface area (Å²) in [7, 11) is -3.61. The maximum absolute atomic E-state index is 12.8. The molecular weight excluding hydrogens is 356 g/mol. The molecule has 1 saturated carbocycles. The number of benzene rings is 1. The van der Waals surface area contributed by atoms with E-state index in [1.54, 1.807) is 24.0 Å². The first-order valence-electron chi connectivity index (χ1n) is 8.99. The third-order valence-electron chi connectivity index (χ3n) is 4.62. The second kappa shape index (κ2) is 7.75. The highest BCUT2D eigenvalue weighted by Crippen LogP contribution is 2.24. The molecule has 0 bridgehead atoms. The van der Waals surface area contributed by atoms with Gasteiger partial charge >= 0.3 is 5.97 Å². The highest BCUT2D eigenvalue weighted by molar-refractivity contribution is 7.89. The van der Waals surface area contributed by atoms with Gasteiger partial charge in [0.1, 0.15) is 0 Å². The van der Waals surface area contributed by atoms with Gasteiger partial charge in [-0.1, -0.05) is 6.07 Å². The summed E-state index contributed by atoms with van der Waals surface area (Å²) >= 11 is 0. The minimum Gasteiger partial charge on any atom is -0.466 e. The first-order chi connectivity index (χ1) is 12.4. The van der Waals surface area contributed by atoms with E-state index in [9.17, 15) is 18.0 Å². The highest BCUT2D eigenvalue weighted by atomic mass is 32.2. The molecule has 1 atom stereocenters. The SMILES string of the molecule is CCOC(=O)C1CCCN(C(=O)c2cccc(S(=O)(=O)NC3CC3)c2)C1. The van der Waals surface area contributed by atoms with Crippen molar-refractivity contribution >= 4 is 21.9 Å². The summed E-state index contributed by atoms with van der Waals surface area (Å²) in [6, 6.07) is 6.07. The van der Waals surface area contributed by atoms with E-state index in [-0.39, 0.29) is 28.7 Å². The maximum Gasteiger partial charge on any atom is 0.310 e. The van der Waals surface area contributed by atoms with Crippen LogP contribution in [0.4, 0.5) is 0 Å². The summed E-state index contributed by atoms with van der Waals surface area (Å²) in [5.74, 6) is -0.867. The number of esters is 1. The number of amides is 1. The van der Waals surface area contributed by atoms with Crippen LogP contribution in [0.15, 0.2) is 29.2 Å². The van der Waals surface area contributed by atoms with Gasteiger partial charge in [0.2, 0.25) is 10.0 Å². The number of piperidine rings is 1. The third-order valence-corrected chi connectivity index (χ3v) is 6.14. The summed E-state index contributed by atoms with van der Waals surface area (Å²) in [4.78, 5) is 26.4. The molecule has 26 heavy (non-hydrogen) atoms. The molecule has 0 spiro atoms. The quantitative estimate of drug-likeness (QED) is 0.756. The Kier molecular flexibility index (Phi) is 5.62. The fraction of sp³-hybridized carbons (Fsp3) is 0.556. The second-order valence-corrected chi connectivity index (χ2v) is 8.48. The van der Waals surface area contributed by atoms with E-state index >= 15 is 0 Å². The van der Waals surface area contributed by atoms with Crippen molar-refractivity contribution in [3.8, 4) is 0 Å². The highest BCUT2D eigenvalue weighted by Gasteiger charge is 2.31. The number of rotatable bonds is 6. The molecule has 8 heteroatoms. The van der Waals surface area contributed by atoms with E-state index in [1.165, 1.54) is 12.1 Å². The molecule has 2 aliphatic rings. The number of carbonyl (C=O) groups excluding carboxylic acids is 2. The number of nitrogens with zero attached hydrogens (tertiary/aromatic N) is 1. The first kappa shape index (κ1) is 18.8. The van der Waals surface area contributed by atoms with Crippen LogP contribution in [-0.2, 0) is 19.6 Å². The lowest BCUT2D eigenvalue weighted by atomic mass is 9.97. The zero-order chi connectivity index (χ0) is 18.7. The Morgan fingerprint density at radius 3 is 2.73 bits per heavy atom. The van der Waals surface area contributed by atoms with E-state index in [0.717, 1.165) is 19.3 Å². The average Bonchev–Trinajstić information content (AvgIpc) is 3.45. The van der Waals surface area contributed by atoms with Gasteiger partial charge in [-0.15, -0.1) is 0 Å². The topological polar surface area (TPSA) is 92.8 Å². The van der Waals surface area contributed by atoms with Crippen molar-refractivity contribution in [2.75, 3.05) is 19.7 Å². The predicted octanol–water partition coefficient (Wildman–Crippen LogP) is 1.54. The van der Waals surface area contributed by atoms with Gasteiger partial charge in [-0.05, 0) is 50.8 Å². The Bertz CT molecular complexity index is 789. The maximum atomic E-state index is 12.8. The van der Waals surface area contributed by atoms with Gasteiger partial charge in [0.15, 0.2) is 0 Å². The van der Waals surface area contributed by atoms with Gasteiger partial charge in [-0.25, -0.2) is 13.1 Å². The monoisotopic (exact) mass is 380 g/mol. The van der Waals surface area contributed by atoms with Crippen molar-refractivity contribution in [3.63, 3.8) is 0 Å². The van der Waals surface area contributed by atoms with E-state index in [2.05, 4.69) is 4.72 Å². The first-order valence-corrected chi connectivity index (χ1v) is 10.5. The molecule has 1 amide bonds. The van der Waals surface area contributed by atoms with Gasteiger partial charge in [0.05, 0.1) is 17.4 Å². The van der Waals surface area contributed by atoms with Crippen LogP contribution < -0.4 is 4.72 Å². The Hall–Kier alpha value is -1.93.